The first-order chi connectivity index (χ1) is 8.73. The molecule has 0 unspecified atom stereocenters. The van der Waals surface area contributed by atoms with Crippen LogP contribution in [0.4, 0.5) is 5.69 Å². The summed E-state index contributed by atoms with van der Waals surface area (Å²) in [4.78, 5) is 2.34. The van der Waals surface area contributed by atoms with Gasteiger partial charge in [0.05, 0.1) is 12.2 Å². The van der Waals surface area contributed by atoms with Crippen LogP contribution in [0.1, 0.15) is 40.2 Å². The summed E-state index contributed by atoms with van der Waals surface area (Å²) < 4.78 is 6.08. The molecule has 3 nitrogen and oxygen atoms in total. The van der Waals surface area contributed by atoms with Gasteiger partial charge in [0.25, 0.3) is 0 Å². The molecule has 1 aliphatic heterocycles. The first-order valence-corrected chi connectivity index (χ1v) is 7.01. The van der Waals surface area contributed by atoms with Gasteiger partial charge in [0.1, 0.15) is 11.4 Å². The maximum Gasteiger partial charge on any atom is 0.143 e. The van der Waals surface area contributed by atoms with Crippen molar-refractivity contribution in [2.24, 2.45) is 5.73 Å². The highest BCUT2D eigenvalue weighted by molar-refractivity contribution is 5.63. The number of nitrogens with two attached hydrogens (primary N) is 1. The maximum atomic E-state index is 6.08. The Morgan fingerprint density at radius 2 is 2.00 bits per heavy atom. The lowest BCUT2D eigenvalue weighted by Gasteiger charge is -2.41. The monoisotopic (exact) mass is 262 g/mol. The molecule has 0 fully saturated rings. The van der Waals surface area contributed by atoms with Crippen LogP contribution in [0.15, 0.2) is 18.2 Å². The van der Waals surface area contributed by atoms with Gasteiger partial charge in [0, 0.05) is 13.1 Å². The molecule has 2 rings (SSSR count). The molecule has 3 heteroatoms. The molecule has 0 saturated heterocycles. The SMILES string of the molecule is CC1(C)CN(CCN)c2cc(C(C)(C)C)ccc2O1. The highest BCUT2D eigenvalue weighted by Crippen LogP contribution is 2.39. The van der Waals surface area contributed by atoms with Gasteiger partial charge in [-0.1, -0.05) is 26.8 Å². The van der Waals surface area contributed by atoms with Crippen molar-refractivity contribution in [1.82, 2.24) is 0 Å². The Morgan fingerprint density at radius 3 is 2.58 bits per heavy atom. The first-order valence-electron chi connectivity index (χ1n) is 7.01. The van der Waals surface area contributed by atoms with Gasteiger partial charge < -0.3 is 15.4 Å². The van der Waals surface area contributed by atoms with E-state index in [9.17, 15) is 0 Å². The van der Waals surface area contributed by atoms with E-state index >= 15 is 0 Å². The zero-order chi connectivity index (χ0) is 14.3. The Kier molecular flexibility index (Phi) is 3.52. The van der Waals surface area contributed by atoms with Gasteiger partial charge in [-0.2, -0.15) is 0 Å². The molecule has 0 aliphatic carbocycles. The minimum absolute atomic E-state index is 0.149. The van der Waals surface area contributed by atoms with E-state index in [4.69, 9.17) is 10.5 Å². The summed E-state index contributed by atoms with van der Waals surface area (Å²) in [5.41, 5.74) is 8.24. The molecule has 0 atom stereocenters. The number of ether oxygens (including phenoxy) is 1. The molecule has 19 heavy (non-hydrogen) atoms. The standard InChI is InChI=1S/C16H26N2O/c1-15(2,3)12-6-7-14-13(10-12)18(9-8-17)11-16(4,5)19-14/h6-7,10H,8-9,11,17H2,1-5H3. The Hall–Kier alpha value is -1.22. The average molecular weight is 262 g/mol. The normalized spacial score (nSPS) is 17.9. The van der Waals surface area contributed by atoms with E-state index in [0.717, 1.165) is 18.8 Å². The van der Waals surface area contributed by atoms with E-state index in [0.29, 0.717) is 6.54 Å². The minimum atomic E-state index is -0.161. The van der Waals surface area contributed by atoms with Crippen LogP contribution in [0.25, 0.3) is 0 Å². The fourth-order valence-electron chi connectivity index (χ4n) is 2.55. The van der Waals surface area contributed by atoms with Gasteiger partial charge in [-0.3, -0.25) is 0 Å². The summed E-state index contributed by atoms with van der Waals surface area (Å²) in [6, 6.07) is 6.52. The van der Waals surface area contributed by atoms with Crippen LogP contribution in [0.5, 0.6) is 5.75 Å². The molecular formula is C16H26N2O. The lowest BCUT2D eigenvalue weighted by Crippen LogP contribution is -2.48. The molecule has 106 valence electrons. The molecule has 0 spiro atoms. The fourth-order valence-corrected chi connectivity index (χ4v) is 2.55. The molecule has 1 aliphatic rings. The van der Waals surface area contributed by atoms with Gasteiger partial charge in [-0.05, 0) is 37.0 Å². The van der Waals surface area contributed by atoms with E-state index in [1.807, 2.05) is 0 Å². The summed E-state index contributed by atoms with van der Waals surface area (Å²) >= 11 is 0. The lowest BCUT2D eigenvalue weighted by molar-refractivity contribution is 0.105. The van der Waals surface area contributed by atoms with Crippen LogP contribution in [-0.2, 0) is 5.41 Å². The second-order valence-electron chi connectivity index (χ2n) is 7.00. The number of anilines is 1. The first kappa shape index (κ1) is 14.2. The number of nitrogens with zero attached hydrogens (tertiary/aromatic N) is 1. The third kappa shape index (κ3) is 3.03. The van der Waals surface area contributed by atoms with Crippen molar-refractivity contribution in [3.8, 4) is 5.75 Å². The molecule has 1 aromatic carbocycles. The van der Waals surface area contributed by atoms with Gasteiger partial charge in [0.2, 0.25) is 0 Å². The average Bonchev–Trinajstić information content (AvgIpc) is 2.26. The van der Waals surface area contributed by atoms with Crippen molar-refractivity contribution in [2.75, 3.05) is 24.5 Å². The Bertz CT molecular complexity index is 460. The van der Waals surface area contributed by atoms with Crippen LogP contribution >= 0.6 is 0 Å². The smallest absolute Gasteiger partial charge is 0.143 e. The summed E-state index contributed by atoms with van der Waals surface area (Å²) in [6.07, 6.45) is 0. The van der Waals surface area contributed by atoms with Crippen LogP contribution in [0, 0.1) is 0 Å². The fraction of sp³-hybridized carbons (Fsp3) is 0.625. The Morgan fingerprint density at radius 1 is 1.32 bits per heavy atom. The predicted octanol–water partition coefficient (Wildman–Crippen LogP) is 2.92. The summed E-state index contributed by atoms with van der Waals surface area (Å²) in [7, 11) is 0. The topological polar surface area (TPSA) is 38.5 Å². The van der Waals surface area contributed by atoms with Crippen molar-refractivity contribution >= 4 is 5.69 Å². The molecule has 1 heterocycles. The molecule has 0 radical (unpaired) electrons. The Labute approximate surface area is 116 Å². The van der Waals surface area contributed by atoms with Crippen molar-refractivity contribution in [3.63, 3.8) is 0 Å². The third-order valence-corrected chi connectivity index (χ3v) is 3.52. The Balaban J connectivity index is 2.43. The second-order valence-corrected chi connectivity index (χ2v) is 7.00. The van der Waals surface area contributed by atoms with Gasteiger partial charge in [0.15, 0.2) is 0 Å². The van der Waals surface area contributed by atoms with Crippen molar-refractivity contribution in [2.45, 2.75) is 45.6 Å². The highest BCUT2D eigenvalue weighted by atomic mass is 16.5. The second kappa shape index (κ2) is 4.71. The number of hydrogen-bond acceptors (Lipinski definition) is 3. The molecule has 0 amide bonds. The molecule has 0 bridgehead atoms. The van der Waals surface area contributed by atoms with Gasteiger partial charge >= 0.3 is 0 Å². The van der Waals surface area contributed by atoms with Crippen LogP contribution in [-0.4, -0.2) is 25.2 Å². The molecule has 1 aromatic rings. The van der Waals surface area contributed by atoms with Crippen LogP contribution < -0.4 is 15.4 Å². The number of rotatable bonds is 2. The number of benzene rings is 1. The van der Waals surface area contributed by atoms with E-state index in [-0.39, 0.29) is 11.0 Å². The van der Waals surface area contributed by atoms with Gasteiger partial charge in [-0.25, -0.2) is 0 Å². The van der Waals surface area contributed by atoms with E-state index in [2.05, 4.69) is 57.7 Å². The number of fused-ring (bicyclic) bond motifs is 1. The largest absolute Gasteiger partial charge is 0.484 e. The predicted molar refractivity (Wildman–Crippen MR) is 81.1 cm³/mol. The van der Waals surface area contributed by atoms with Crippen LogP contribution in [0.2, 0.25) is 0 Å². The lowest BCUT2D eigenvalue weighted by atomic mass is 9.86. The summed E-state index contributed by atoms with van der Waals surface area (Å²) in [5, 5.41) is 0. The zero-order valence-electron chi connectivity index (χ0n) is 12.8. The van der Waals surface area contributed by atoms with Crippen molar-refractivity contribution in [3.05, 3.63) is 23.8 Å². The van der Waals surface area contributed by atoms with Gasteiger partial charge in [-0.15, -0.1) is 0 Å². The molecule has 0 aromatic heterocycles. The minimum Gasteiger partial charge on any atom is -0.484 e. The van der Waals surface area contributed by atoms with E-state index < -0.39 is 0 Å². The number of hydrogen-bond donors (Lipinski definition) is 1. The molecule has 2 N–H and O–H groups in total. The van der Waals surface area contributed by atoms with Crippen molar-refractivity contribution < 1.29 is 4.74 Å². The van der Waals surface area contributed by atoms with Crippen molar-refractivity contribution in [1.29, 1.82) is 0 Å². The summed E-state index contributed by atoms with van der Waals surface area (Å²) in [5.74, 6) is 0.970. The maximum absolute atomic E-state index is 6.08. The third-order valence-electron chi connectivity index (χ3n) is 3.52. The quantitative estimate of drug-likeness (QED) is 0.890. The van der Waals surface area contributed by atoms with E-state index in [1.165, 1.54) is 11.3 Å². The van der Waals surface area contributed by atoms with E-state index in [1.54, 1.807) is 0 Å². The highest BCUT2D eigenvalue weighted by Gasteiger charge is 2.32. The van der Waals surface area contributed by atoms with Crippen LogP contribution in [0.3, 0.4) is 0 Å². The zero-order valence-corrected chi connectivity index (χ0v) is 12.8. The summed E-state index contributed by atoms with van der Waals surface area (Å²) in [6.45, 7) is 13.3. The molecule has 0 saturated carbocycles. The molecular weight excluding hydrogens is 236 g/mol.